The number of hydrogen-bond donors (Lipinski definition) is 0. The minimum atomic E-state index is 0.0200. The Kier molecular flexibility index (Phi) is 4.85. The second-order valence-corrected chi connectivity index (χ2v) is 7.81. The number of rotatable bonds is 5. The van der Waals surface area contributed by atoms with Gasteiger partial charge in [-0.2, -0.15) is 5.10 Å². The van der Waals surface area contributed by atoms with Crippen LogP contribution in [0.3, 0.4) is 0 Å². The Bertz CT molecular complexity index is 787. The summed E-state index contributed by atoms with van der Waals surface area (Å²) in [7, 11) is 0. The molecular formula is C12H10I2N5OP. The third-order valence-corrected chi connectivity index (χ3v) is 6.21. The van der Waals surface area contributed by atoms with E-state index in [1.54, 1.807) is 17.2 Å². The molecule has 9 heteroatoms. The van der Waals surface area contributed by atoms with Crippen molar-refractivity contribution in [1.82, 2.24) is 24.1 Å². The van der Waals surface area contributed by atoms with Crippen LogP contribution in [0.1, 0.15) is 10.5 Å². The molecule has 0 saturated carbocycles. The van der Waals surface area contributed by atoms with Gasteiger partial charge in [-0.25, -0.2) is 9.97 Å². The van der Waals surface area contributed by atoms with E-state index in [0.717, 1.165) is 28.6 Å². The zero-order chi connectivity index (χ0) is 14.8. The van der Waals surface area contributed by atoms with E-state index in [1.165, 1.54) is 0 Å². The maximum absolute atomic E-state index is 10.6. The van der Waals surface area contributed by atoms with Crippen LogP contribution in [0.2, 0.25) is 0 Å². The van der Waals surface area contributed by atoms with Crippen LogP contribution in [0.15, 0.2) is 31.0 Å². The van der Waals surface area contributed by atoms with Crippen LogP contribution < -0.4 is 0 Å². The summed E-state index contributed by atoms with van der Waals surface area (Å²) in [4.78, 5) is 19.3. The molecule has 0 radical (unpaired) electrons. The molecule has 2 atom stereocenters. The predicted octanol–water partition coefficient (Wildman–Crippen LogP) is 3.61. The molecule has 6 nitrogen and oxygen atoms in total. The third kappa shape index (κ3) is 2.98. The van der Waals surface area contributed by atoms with Gasteiger partial charge in [0, 0.05) is 36.1 Å². The van der Waals surface area contributed by atoms with Crippen LogP contribution in [0.25, 0.3) is 22.3 Å². The standard InChI is InChI=1S/C12H10I2N5OP/c13-10(2-4-20)18-6-8(5-17-18)11-9-1-3-19(21-14)12(9)16-7-15-11/h1,3-7,10,21H,2H2. The van der Waals surface area contributed by atoms with E-state index in [-0.39, 0.29) is 4.05 Å². The topological polar surface area (TPSA) is 65.6 Å². The van der Waals surface area contributed by atoms with Crippen LogP contribution in [-0.2, 0) is 4.79 Å². The van der Waals surface area contributed by atoms with Gasteiger partial charge in [-0.3, -0.25) is 4.68 Å². The van der Waals surface area contributed by atoms with Gasteiger partial charge in [-0.15, -0.1) is 0 Å². The predicted molar refractivity (Wildman–Crippen MR) is 100 cm³/mol. The summed E-state index contributed by atoms with van der Waals surface area (Å²) in [6.45, 7) is 0. The van der Waals surface area contributed by atoms with Gasteiger partial charge in [0.1, 0.15) is 22.3 Å². The van der Waals surface area contributed by atoms with Gasteiger partial charge in [0.2, 0.25) is 0 Å². The minimum absolute atomic E-state index is 0.0200. The van der Waals surface area contributed by atoms with Gasteiger partial charge >= 0.3 is 0 Å². The fourth-order valence-electron chi connectivity index (χ4n) is 2.05. The molecule has 0 aliphatic heterocycles. The van der Waals surface area contributed by atoms with Crippen molar-refractivity contribution < 1.29 is 4.79 Å². The van der Waals surface area contributed by atoms with Crippen molar-refractivity contribution in [3.05, 3.63) is 31.0 Å². The third-order valence-electron chi connectivity index (χ3n) is 3.03. The number of nitrogens with zero attached hydrogens (tertiary/aromatic N) is 5. The first-order valence-electron chi connectivity index (χ1n) is 6.05. The SMILES string of the molecule is O=CCC(I)n1cc(-c2ncnc3c2ccn3PI)cn1. The summed E-state index contributed by atoms with van der Waals surface area (Å²) < 4.78 is 3.90. The zero-order valence-electron chi connectivity index (χ0n) is 10.6. The molecule has 0 fully saturated rings. The number of alkyl halides is 1. The van der Waals surface area contributed by atoms with E-state index in [1.807, 2.05) is 18.5 Å². The van der Waals surface area contributed by atoms with Crippen LogP contribution in [0, 0.1) is 0 Å². The van der Waals surface area contributed by atoms with E-state index < -0.39 is 0 Å². The molecule has 3 heterocycles. The van der Waals surface area contributed by atoms with E-state index >= 15 is 0 Å². The largest absolute Gasteiger partial charge is 0.304 e. The summed E-state index contributed by atoms with van der Waals surface area (Å²) in [5.41, 5.74) is 2.73. The molecule has 0 aliphatic rings. The number of carbonyl (C=O) groups excluding carboxylic acids is 1. The molecular weight excluding hydrogens is 515 g/mol. The van der Waals surface area contributed by atoms with E-state index in [9.17, 15) is 4.79 Å². The fourth-order valence-corrected chi connectivity index (χ4v) is 4.12. The van der Waals surface area contributed by atoms with Crippen molar-refractivity contribution in [3.63, 3.8) is 0 Å². The Labute approximate surface area is 149 Å². The van der Waals surface area contributed by atoms with Crippen LogP contribution >= 0.6 is 51.0 Å². The molecule has 0 bridgehead atoms. The lowest BCUT2D eigenvalue weighted by Gasteiger charge is -2.05. The van der Waals surface area contributed by atoms with Crippen LogP contribution in [0.5, 0.6) is 0 Å². The zero-order valence-corrected chi connectivity index (χ0v) is 16.0. The maximum atomic E-state index is 10.6. The Morgan fingerprint density at radius 2 is 2.29 bits per heavy atom. The molecule has 108 valence electrons. The highest BCUT2D eigenvalue weighted by Crippen LogP contribution is 2.33. The van der Waals surface area contributed by atoms with E-state index in [4.69, 9.17) is 0 Å². The quantitative estimate of drug-likeness (QED) is 0.221. The average molecular weight is 525 g/mol. The molecule has 0 aliphatic carbocycles. The summed E-state index contributed by atoms with van der Waals surface area (Å²) in [5, 5.41) is 5.34. The van der Waals surface area contributed by atoms with Crippen LogP contribution in [0.4, 0.5) is 0 Å². The highest BCUT2D eigenvalue weighted by atomic mass is 127. The first-order chi connectivity index (χ1) is 10.2. The number of aldehydes is 1. The molecule has 3 rings (SSSR count). The lowest BCUT2D eigenvalue weighted by atomic mass is 10.2. The van der Waals surface area contributed by atoms with Gasteiger partial charge in [0.25, 0.3) is 0 Å². The number of fused-ring (bicyclic) bond motifs is 1. The highest BCUT2D eigenvalue weighted by molar-refractivity contribution is 14.2. The molecule has 21 heavy (non-hydrogen) atoms. The molecule has 0 saturated heterocycles. The molecule has 3 aromatic rings. The van der Waals surface area contributed by atoms with Gasteiger partial charge in [0.05, 0.1) is 11.9 Å². The lowest BCUT2D eigenvalue weighted by molar-refractivity contribution is -0.108. The summed E-state index contributed by atoms with van der Waals surface area (Å²) >= 11 is 4.53. The van der Waals surface area contributed by atoms with Crippen molar-refractivity contribution in [1.29, 1.82) is 0 Å². The number of hydrogen-bond acceptors (Lipinski definition) is 4. The van der Waals surface area contributed by atoms with E-state index in [0.29, 0.717) is 12.8 Å². The number of halogens is 2. The maximum Gasteiger partial charge on any atom is 0.147 e. The first-order valence-corrected chi connectivity index (χ1v) is 11.4. The van der Waals surface area contributed by atoms with Crippen molar-refractivity contribution in [3.8, 4) is 11.3 Å². The van der Waals surface area contributed by atoms with Crippen molar-refractivity contribution in [2.75, 3.05) is 0 Å². The molecule has 0 amide bonds. The molecule has 0 N–H and O–H groups in total. The van der Waals surface area contributed by atoms with Crippen molar-refractivity contribution >= 4 is 68.3 Å². The monoisotopic (exact) mass is 525 g/mol. The summed E-state index contributed by atoms with van der Waals surface area (Å²) in [6.07, 6.45) is 9.24. The fraction of sp³-hybridized carbons (Fsp3) is 0.167. The van der Waals surface area contributed by atoms with Gasteiger partial charge in [-0.05, 0) is 28.1 Å². The Morgan fingerprint density at radius 1 is 1.43 bits per heavy atom. The number of carbonyl (C=O) groups is 1. The normalized spacial score (nSPS) is 13.2. The minimum Gasteiger partial charge on any atom is -0.304 e. The molecule has 0 spiro atoms. The Morgan fingerprint density at radius 3 is 3.05 bits per heavy atom. The van der Waals surface area contributed by atoms with Crippen molar-refractivity contribution in [2.24, 2.45) is 0 Å². The molecule has 3 aromatic heterocycles. The lowest BCUT2D eigenvalue weighted by Crippen LogP contribution is -2.02. The first kappa shape index (κ1) is 15.3. The number of aromatic nitrogens is 5. The average Bonchev–Trinajstić information content (AvgIpc) is 3.14. The Hall–Kier alpha value is -0.610. The molecule has 2 unspecified atom stereocenters. The Balaban J connectivity index is 2.04. The van der Waals surface area contributed by atoms with Gasteiger partial charge in [0.15, 0.2) is 0 Å². The van der Waals surface area contributed by atoms with E-state index in [2.05, 4.69) is 64.0 Å². The molecule has 0 aromatic carbocycles. The smallest absolute Gasteiger partial charge is 0.147 e. The van der Waals surface area contributed by atoms with Crippen LogP contribution in [-0.4, -0.2) is 30.4 Å². The highest BCUT2D eigenvalue weighted by Gasteiger charge is 2.13. The van der Waals surface area contributed by atoms with Gasteiger partial charge < -0.3 is 9.13 Å². The summed E-state index contributed by atoms with van der Waals surface area (Å²) in [5.74, 6) is 0. The van der Waals surface area contributed by atoms with Crippen molar-refractivity contribution in [2.45, 2.75) is 10.5 Å². The second kappa shape index (κ2) is 6.66. The second-order valence-electron chi connectivity index (χ2n) is 4.28. The summed E-state index contributed by atoms with van der Waals surface area (Å²) in [6, 6.07) is 2.03. The van der Waals surface area contributed by atoms with Gasteiger partial charge in [-0.1, -0.05) is 22.6 Å².